The number of hydrogen-bond donors (Lipinski definition) is 2. The maximum absolute atomic E-state index is 6.02. The number of guanidine groups is 1. The highest BCUT2D eigenvalue weighted by molar-refractivity contribution is 14.0. The first-order valence-corrected chi connectivity index (χ1v) is 7.50. The lowest BCUT2D eigenvalue weighted by molar-refractivity contribution is 0.405. The molecule has 0 fully saturated rings. The second kappa shape index (κ2) is 9.24. The minimum atomic E-state index is 0. The number of aliphatic imine (C=N–C) groups is 1. The Morgan fingerprint density at radius 2 is 1.96 bits per heavy atom. The number of anilines is 1. The number of nitrogens with two attached hydrogens (primary N) is 1. The van der Waals surface area contributed by atoms with Crippen LogP contribution in [0.2, 0.25) is 10.2 Å². The van der Waals surface area contributed by atoms with Gasteiger partial charge in [0.05, 0.1) is 31.5 Å². The molecular formula is C15H19Cl2IN4O2. The van der Waals surface area contributed by atoms with Gasteiger partial charge in [-0.25, -0.2) is 4.99 Å². The van der Waals surface area contributed by atoms with E-state index in [1.165, 1.54) is 0 Å². The summed E-state index contributed by atoms with van der Waals surface area (Å²) in [5.74, 6) is 1.56. The zero-order valence-electron chi connectivity index (χ0n) is 13.5. The van der Waals surface area contributed by atoms with Gasteiger partial charge < -0.3 is 25.1 Å². The van der Waals surface area contributed by atoms with Crippen LogP contribution in [0.5, 0.6) is 11.5 Å². The minimum Gasteiger partial charge on any atom is -0.497 e. The number of nitrogens with zero attached hydrogens (tertiary/aromatic N) is 2. The smallest absolute Gasteiger partial charge is 0.193 e. The van der Waals surface area contributed by atoms with E-state index >= 15 is 0 Å². The van der Waals surface area contributed by atoms with E-state index in [9.17, 15) is 0 Å². The van der Waals surface area contributed by atoms with Crippen molar-refractivity contribution in [1.29, 1.82) is 0 Å². The number of rotatable bonds is 5. The third-order valence-corrected chi connectivity index (χ3v) is 4.14. The number of methoxy groups -OCH3 is 2. The maximum atomic E-state index is 6.02. The Labute approximate surface area is 167 Å². The average Bonchev–Trinajstić information content (AvgIpc) is 2.80. The molecule has 1 aromatic heterocycles. The van der Waals surface area contributed by atoms with E-state index in [0.29, 0.717) is 33.9 Å². The van der Waals surface area contributed by atoms with Crippen LogP contribution in [0.15, 0.2) is 29.3 Å². The van der Waals surface area contributed by atoms with Crippen molar-refractivity contribution in [2.45, 2.75) is 6.54 Å². The summed E-state index contributed by atoms with van der Waals surface area (Å²) in [6.07, 6.45) is 0. The first-order chi connectivity index (χ1) is 11.0. The van der Waals surface area contributed by atoms with Crippen LogP contribution in [-0.2, 0) is 13.6 Å². The molecule has 1 aromatic carbocycles. The molecule has 0 amide bonds. The predicted molar refractivity (Wildman–Crippen MR) is 109 cm³/mol. The average molecular weight is 485 g/mol. The summed E-state index contributed by atoms with van der Waals surface area (Å²) in [7, 11) is 4.98. The molecule has 2 rings (SSSR count). The van der Waals surface area contributed by atoms with E-state index in [1.54, 1.807) is 43.1 Å². The van der Waals surface area contributed by atoms with Gasteiger partial charge >= 0.3 is 0 Å². The summed E-state index contributed by atoms with van der Waals surface area (Å²) in [4.78, 5) is 4.28. The van der Waals surface area contributed by atoms with Crippen molar-refractivity contribution in [3.05, 3.63) is 40.1 Å². The minimum absolute atomic E-state index is 0. The fraction of sp³-hybridized carbons (Fsp3) is 0.267. The summed E-state index contributed by atoms with van der Waals surface area (Å²) in [6.45, 7) is 0.341. The van der Waals surface area contributed by atoms with Crippen molar-refractivity contribution < 1.29 is 9.47 Å². The van der Waals surface area contributed by atoms with Gasteiger partial charge in [0.25, 0.3) is 0 Å². The number of benzene rings is 1. The Morgan fingerprint density at radius 3 is 2.50 bits per heavy atom. The summed E-state index contributed by atoms with van der Waals surface area (Å²) in [5, 5.41) is 3.95. The highest BCUT2D eigenvalue weighted by Crippen LogP contribution is 2.29. The van der Waals surface area contributed by atoms with E-state index in [2.05, 4.69) is 10.3 Å². The maximum Gasteiger partial charge on any atom is 0.193 e. The molecule has 0 aliphatic rings. The molecule has 1 heterocycles. The van der Waals surface area contributed by atoms with E-state index in [4.69, 9.17) is 38.4 Å². The Kier molecular flexibility index (Phi) is 7.98. The van der Waals surface area contributed by atoms with Gasteiger partial charge in [0.15, 0.2) is 5.96 Å². The normalized spacial score (nSPS) is 11.0. The first-order valence-electron chi connectivity index (χ1n) is 6.74. The van der Waals surface area contributed by atoms with Crippen molar-refractivity contribution in [2.24, 2.45) is 17.8 Å². The molecule has 2 aromatic rings. The molecule has 6 nitrogen and oxygen atoms in total. The Bertz CT molecular complexity index is 735. The van der Waals surface area contributed by atoms with Crippen molar-refractivity contribution in [2.75, 3.05) is 19.5 Å². The zero-order valence-corrected chi connectivity index (χ0v) is 17.3. The summed E-state index contributed by atoms with van der Waals surface area (Å²) >= 11 is 12.0. The molecule has 0 saturated carbocycles. The molecule has 0 aliphatic carbocycles. The third-order valence-electron chi connectivity index (χ3n) is 3.30. The molecule has 0 bridgehead atoms. The lowest BCUT2D eigenvalue weighted by Gasteiger charge is -2.12. The van der Waals surface area contributed by atoms with Crippen LogP contribution >= 0.6 is 47.2 Å². The van der Waals surface area contributed by atoms with Crippen LogP contribution in [0.3, 0.4) is 0 Å². The number of ether oxygens (including phenoxy) is 2. The molecular weight excluding hydrogens is 466 g/mol. The van der Waals surface area contributed by atoms with Gasteiger partial charge in [0, 0.05) is 18.8 Å². The fourth-order valence-corrected chi connectivity index (χ4v) is 2.41. The fourth-order valence-electron chi connectivity index (χ4n) is 2.00. The van der Waals surface area contributed by atoms with Gasteiger partial charge in [-0.15, -0.1) is 24.0 Å². The third kappa shape index (κ3) is 4.84. The van der Waals surface area contributed by atoms with Gasteiger partial charge in [-0.3, -0.25) is 0 Å². The number of nitrogens with one attached hydrogen (secondary N) is 1. The second-order valence-corrected chi connectivity index (χ2v) is 5.49. The summed E-state index contributed by atoms with van der Waals surface area (Å²) in [6, 6.07) is 7.11. The van der Waals surface area contributed by atoms with Crippen LogP contribution < -0.4 is 20.5 Å². The quantitative estimate of drug-likeness (QED) is 0.383. The van der Waals surface area contributed by atoms with Crippen LogP contribution in [0.4, 0.5) is 5.69 Å². The van der Waals surface area contributed by atoms with Gasteiger partial charge in [0.1, 0.15) is 16.7 Å². The molecule has 3 N–H and O–H groups in total. The van der Waals surface area contributed by atoms with Crippen LogP contribution in [0.25, 0.3) is 0 Å². The molecule has 24 heavy (non-hydrogen) atoms. The molecule has 0 spiro atoms. The van der Waals surface area contributed by atoms with E-state index in [1.807, 2.05) is 7.05 Å². The van der Waals surface area contributed by atoms with Gasteiger partial charge in [0.2, 0.25) is 0 Å². The Balaban J connectivity index is 0.00000288. The number of aromatic nitrogens is 1. The molecule has 132 valence electrons. The lowest BCUT2D eigenvalue weighted by atomic mass is 10.2. The monoisotopic (exact) mass is 484 g/mol. The van der Waals surface area contributed by atoms with E-state index < -0.39 is 0 Å². The van der Waals surface area contributed by atoms with E-state index in [0.717, 1.165) is 5.69 Å². The van der Waals surface area contributed by atoms with Crippen molar-refractivity contribution in [1.82, 2.24) is 4.57 Å². The lowest BCUT2D eigenvalue weighted by Crippen LogP contribution is -2.23. The highest BCUT2D eigenvalue weighted by atomic mass is 127. The SMILES string of the molecule is COc1ccc(OC)c(NC(N)=NCc2cc(Cl)c(Cl)n2C)c1.I. The molecule has 9 heteroatoms. The first kappa shape index (κ1) is 20.7. The Hall–Kier alpha value is -1.32. The van der Waals surface area contributed by atoms with Crippen molar-refractivity contribution in [3.8, 4) is 11.5 Å². The molecule has 0 radical (unpaired) electrons. The summed E-state index contributed by atoms with van der Waals surface area (Å²) < 4.78 is 12.2. The van der Waals surface area contributed by atoms with Crippen LogP contribution in [0, 0.1) is 0 Å². The van der Waals surface area contributed by atoms with Crippen LogP contribution in [-0.4, -0.2) is 24.7 Å². The highest BCUT2D eigenvalue weighted by Gasteiger charge is 2.09. The number of halogens is 3. The molecule has 0 saturated heterocycles. The van der Waals surface area contributed by atoms with Gasteiger partial charge in [-0.2, -0.15) is 0 Å². The van der Waals surface area contributed by atoms with Gasteiger partial charge in [-0.05, 0) is 18.2 Å². The topological polar surface area (TPSA) is 73.8 Å². The predicted octanol–water partition coefficient (Wildman–Crippen LogP) is 3.89. The van der Waals surface area contributed by atoms with Gasteiger partial charge in [-0.1, -0.05) is 23.2 Å². The number of hydrogen-bond acceptors (Lipinski definition) is 3. The van der Waals surface area contributed by atoms with E-state index in [-0.39, 0.29) is 29.9 Å². The van der Waals surface area contributed by atoms with Crippen molar-refractivity contribution in [3.63, 3.8) is 0 Å². The zero-order chi connectivity index (χ0) is 17.0. The summed E-state index contributed by atoms with van der Waals surface area (Å²) in [5.41, 5.74) is 7.44. The van der Waals surface area contributed by atoms with Crippen LogP contribution in [0.1, 0.15) is 5.69 Å². The largest absolute Gasteiger partial charge is 0.497 e. The standard InChI is InChI=1S/C15H18Cl2N4O2.HI/c1-21-9(6-11(16)14(21)17)8-19-15(18)20-12-7-10(22-2)4-5-13(12)23-3;/h4-7H,8H2,1-3H3,(H3,18,19,20);1H. The molecule has 0 atom stereocenters. The molecule has 0 unspecified atom stereocenters. The Morgan fingerprint density at radius 1 is 1.25 bits per heavy atom. The van der Waals surface area contributed by atoms with Crippen molar-refractivity contribution >= 4 is 58.8 Å². The second-order valence-electron chi connectivity index (χ2n) is 4.73. The molecule has 0 aliphatic heterocycles.